The number of benzodiazepines with no additional fused rings is 1. The molecule has 8 heteroatoms. The highest BCUT2D eigenvalue weighted by atomic mass is 32.1. The zero-order valence-corrected chi connectivity index (χ0v) is 19.2. The zero-order valence-electron chi connectivity index (χ0n) is 18.3. The molecule has 7 nitrogen and oxygen atoms in total. The molecule has 1 saturated carbocycles. The molecule has 2 heterocycles. The average molecular weight is 453 g/mol. The summed E-state index contributed by atoms with van der Waals surface area (Å²) < 4.78 is 0. The smallest absolute Gasteiger partial charge is 0.272 e. The molecule has 1 aliphatic carbocycles. The summed E-state index contributed by atoms with van der Waals surface area (Å²) in [7, 11) is 1.68. The molecule has 1 aliphatic heterocycles. The Kier molecular flexibility index (Phi) is 6.69. The molecular weight excluding hydrogens is 424 g/mol. The predicted molar refractivity (Wildman–Crippen MR) is 126 cm³/mol. The van der Waals surface area contributed by atoms with Crippen molar-refractivity contribution in [3.8, 4) is 0 Å². The van der Waals surface area contributed by atoms with Gasteiger partial charge in [-0.3, -0.25) is 14.4 Å². The molecule has 1 aromatic carbocycles. The van der Waals surface area contributed by atoms with Crippen molar-refractivity contribution in [1.29, 1.82) is 0 Å². The molecule has 32 heavy (non-hydrogen) atoms. The number of likely N-dealkylation sites (N-methyl/N-ethyl adjacent to an activating group) is 1. The maximum atomic E-state index is 13.2. The first kappa shape index (κ1) is 22.2. The lowest BCUT2D eigenvalue weighted by Crippen LogP contribution is -2.52. The lowest BCUT2D eigenvalue weighted by Gasteiger charge is -2.22. The number of hydrogen-bond donors (Lipinski definition) is 2. The van der Waals surface area contributed by atoms with E-state index in [1.807, 2.05) is 41.8 Å². The fourth-order valence-corrected chi connectivity index (χ4v) is 5.06. The molecule has 1 aromatic heterocycles. The van der Waals surface area contributed by atoms with E-state index in [0.717, 1.165) is 41.8 Å². The van der Waals surface area contributed by atoms with E-state index in [9.17, 15) is 14.4 Å². The van der Waals surface area contributed by atoms with Gasteiger partial charge in [-0.05, 0) is 43.2 Å². The molecule has 2 aliphatic rings. The van der Waals surface area contributed by atoms with Crippen molar-refractivity contribution in [2.75, 3.05) is 11.9 Å². The number of benzene rings is 1. The van der Waals surface area contributed by atoms with Gasteiger partial charge in [-0.2, -0.15) is 0 Å². The Morgan fingerprint density at radius 1 is 1.19 bits per heavy atom. The highest BCUT2D eigenvalue weighted by Crippen LogP contribution is 2.29. The van der Waals surface area contributed by atoms with Crippen LogP contribution in [0.3, 0.4) is 0 Å². The first-order valence-electron chi connectivity index (χ1n) is 11.0. The van der Waals surface area contributed by atoms with E-state index in [1.165, 1.54) is 16.2 Å². The SMILES string of the molecule is C[C@H](NC(=O)CC1CCCC1)C(=O)NC1N=C(c2cccs2)c2ccccc2N(C)C1=O. The van der Waals surface area contributed by atoms with Crippen molar-refractivity contribution in [1.82, 2.24) is 10.6 Å². The molecule has 2 aromatic rings. The van der Waals surface area contributed by atoms with Crippen LogP contribution in [-0.2, 0) is 14.4 Å². The van der Waals surface area contributed by atoms with Gasteiger partial charge in [0.25, 0.3) is 5.91 Å². The highest BCUT2D eigenvalue weighted by Gasteiger charge is 2.32. The van der Waals surface area contributed by atoms with Crippen molar-refractivity contribution >= 4 is 40.5 Å². The van der Waals surface area contributed by atoms with Crippen molar-refractivity contribution in [3.63, 3.8) is 0 Å². The average Bonchev–Trinajstić information content (AvgIpc) is 3.48. The largest absolute Gasteiger partial charge is 0.345 e. The maximum Gasteiger partial charge on any atom is 0.272 e. The Bertz CT molecular complexity index is 1030. The van der Waals surface area contributed by atoms with Gasteiger partial charge in [-0.25, -0.2) is 4.99 Å². The van der Waals surface area contributed by atoms with Crippen LogP contribution >= 0.6 is 11.3 Å². The minimum Gasteiger partial charge on any atom is -0.345 e. The summed E-state index contributed by atoms with van der Waals surface area (Å²) in [6.45, 7) is 1.63. The number of aliphatic imine (C=N–C) groups is 1. The van der Waals surface area contributed by atoms with Crippen LogP contribution in [0.2, 0.25) is 0 Å². The molecule has 2 N–H and O–H groups in total. The van der Waals surface area contributed by atoms with E-state index >= 15 is 0 Å². The quantitative estimate of drug-likeness (QED) is 0.706. The summed E-state index contributed by atoms with van der Waals surface area (Å²) >= 11 is 1.53. The van der Waals surface area contributed by atoms with Crippen LogP contribution in [0.1, 0.15) is 49.5 Å². The summed E-state index contributed by atoms with van der Waals surface area (Å²) in [6, 6.07) is 10.7. The number of nitrogens with zero attached hydrogens (tertiary/aromatic N) is 2. The fraction of sp³-hybridized carbons (Fsp3) is 0.417. The van der Waals surface area contributed by atoms with Gasteiger partial charge >= 0.3 is 0 Å². The second-order valence-electron chi connectivity index (χ2n) is 8.42. The van der Waals surface area contributed by atoms with Crippen molar-refractivity contribution < 1.29 is 14.4 Å². The van der Waals surface area contributed by atoms with Gasteiger partial charge in [0.05, 0.1) is 16.3 Å². The highest BCUT2D eigenvalue weighted by molar-refractivity contribution is 7.12. The van der Waals surface area contributed by atoms with Crippen LogP contribution in [0.15, 0.2) is 46.8 Å². The minimum absolute atomic E-state index is 0.126. The van der Waals surface area contributed by atoms with E-state index in [4.69, 9.17) is 0 Å². The number of amides is 3. The van der Waals surface area contributed by atoms with Crippen molar-refractivity contribution in [2.24, 2.45) is 10.9 Å². The van der Waals surface area contributed by atoms with E-state index in [2.05, 4.69) is 15.6 Å². The Hall–Kier alpha value is -3.00. The third kappa shape index (κ3) is 4.75. The molecule has 3 amide bonds. The van der Waals surface area contributed by atoms with Gasteiger partial charge < -0.3 is 15.5 Å². The number of carbonyl (C=O) groups excluding carboxylic acids is 3. The number of para-hydroxylation sites is 1. The molecule has 4 rings (SSSR count). The molecule has 0 saturated heterocycles. The van der Waals surface area contributed by atoms with Crippen molar-refractivity contribution in [2.45, 2.75) is 51.2 Å². The Labute approximate surface area is 191 Å². The number of fused-ring (bicyclic) bond motifs is 1. The Morgan fingerprint density at radius 3 is 2.66 bits per heavy atom. The van der Waals surface area contributed by atoms with E-state index in [-0.39, 0.29) is 11.8 Å². The topological polar surface area (TPSA) is 90.9 Å². The summed E-state index contributed by atoms with van der Waals surface area (Å²) in [5.74, 6) is -0.489. The standard InChI is InChI=1S/C24H28N4O3S/c1-15(25-20(29)14-16-8-3-4-9-16)23(30)27-22-24(31)28(2)18-11-6-5-10-17(18)21(26-22)19-12-7-13-32-19/h5-7,10-13,15-16,22H,3-4,8-9,14H2,1-2H3,(H,25,29)(H,27,30)/t15-,22?/m0/s1. The zero-order chi connectivity index (χ0) is 22.7. The molecule has 168 valence electrons. The monoisotopic (exact) mass is 452 g/mol. The number of carbonyl (C=O) groups is 3. The number of anilines is 1. The second-order valence-corrected chi connectivity index (χ2v) is 9.37. The lowest BCUT2D eigenvalue weighted by molar-refractivity contribution is -0.131. The summed E-state index contributed by atoms with van der Waals surface area (Å²) in [4.78, 5) is 45.4. The number of thiophene rings is 1. The predicted octanol–water partition coefficient (Wildman–Crippen LogP) is 3.09. The first-order chi connectivity index (χ1) is 15.4. The fourth-order valence-electron chi connectivity index (χ4n) is 4.33. The van der Waals surface area contributed by atoms with Crippen LogP contribution in [0.5, 0.6) is 0 Å². The van der Waals surface area contributed by atoms with Gasteiger partial charge in [0.15, 0.2) is 0 Å². The van der Waals surface area contributed by atoms with Gasteiger partial charge in [-0.15, -0.1) is 11.3 Å². The third-order valence-electron chi connectivity index (χ3n) is 6.10. The van der Waals surface area contributed by atoms with Gasteiger partial charge in [-0.1, -0.05) is 37.1 Å². The van der Waals surface area contributed by atoms with Crippen LogP contribution in [0.4, 0.5) is 5.69 Å². The van der Waals surface area contributed by atoms with Crippen LogP contribution in [0.25, 0.3) is 0 Å². The van der Waals surface area contributed by atoms with Crippen LogP contribution in [-0.4, -0.2) is 42.7 Å². The number of rotatable bonds is 6. The van der Waals surface area contributed by atoms with Gasteiger partial charge in [0, 0.05) is 19.0 Å². The normalized spacial score (nSPS) is 19.7. The molecular formula is C24H28N4O3S. The molecule has 0 radical (unpaired) electrons. The van der Waals surface area contributed by atoms with Crippen molar-refractivity contribution in [3.05, 3.63) is 52.2 Å². The third-order valence-corrected chi connectivity index (χ3v) is 6.97. The molecule has 1 fully saturated rings. The summed E-state index contributed by atoms with van der Waals surface area (Å²) in [6.07, 6.45) is 3.83. The van der Waals surface area contributed by atoms with Crippen LogP contribution in [0, 0.1) is 5.92 Å². The number of nitrogens with one attached hydrogen (secondary N) is 2. The Balaban J connectivity index is 1.52. The second kappa shape index (κ2) is 9.65. The summed E-state index contributed by atoms with van der Waals surface area (Å²) in [5, 5.41) is 7.46. The van der Waals surface area contributed by atoms with E-state index < -0.39 is 18.1 Å². The molecule has 2 atom stereocenters. The maximum absolute atomic E-state index is 13.2. The summed E-state index contributed by atoms with van der Waals surface area (Å²) in [5.41, 5.74) is 2.23. The van der Waals surface area contributed by atoms with Gasteiger partial charge in [0.1, 0.15) is 6.04 Å². The van der Waals surface area contributed by atoms with E-state index in [0.29, 0.717) is 18.1 Å². The molecule has 0 bridgehead atoms. The minimum atomic E-state index is -1.08. The van der Waals surface area contributed by atoms with Crippen LogP contribution < -0.4 is 15.5 Å². The molecule has 0 spiro atoms. The Morgan fingerprint density at radius 2 is 1.94 bits per heavy atom. The first-order valence-corrected chi connectivity index (χ1v) is 11.9. The van der Waals surface area contributed by atoms with E-state index in [1.54, 1.807) is 14.0 Å². The molecule has 1 unspecified atom stereocenters. The van der Waals surface area contributed by atoms with Gasteiger partial charge in [0.2, 0.25) is 18.0 Å². The number of hydrogen-bond acceptors (Lipinski definition) is 5. The lowest BCUT2D eigenvalue weighted by atomic mass is 10.0.